The number of anilines is 2. The maximum absolute atomic E-state index is 15.7. The van der Waals surface area contributed by atoms with Crippen LogP contribution in [0.1, 0.15) is 26.3 Å². The molecule has 4 rings (SSSR count). The Balaban J connectivity index is 1.91. The Bertz CT molecular complexity index is 1330. The molecule has 1 fully saturated rings. The number of benzene rings is 1. The number of fused-ring (bicyclic) bond motifs is 1. The smallest absolute Gasteiger partial charge is 0.382 e. The topological polar surface area (TPSA) is 96.8 Å². The summed E-state index contributed by atoms with van der Waals surface area (Å²) in [7, 11) is 0. The fraction of sp³-hybridized carbons (Fsp3) is 0.333. The molecule has 3 heterocycles. The third-order valence-corrected chi connectivity index (χ3v) is 5.87. The molecule has 0 unspecified atom stereocenters. The molecule has 2 N–H and O–H groups in total. The third-order valence-electron chi connectivity index (χ3n) is 5.87. The van der Waals surface area contributed by atoms with Crippen molar-refractivity contribution >= 4 is 28.8 Å². The molecule has 1 aromatic carbocycles. The van der Waals surface area contributed by atoms with Crippen molar-refractivity contribution in [3.05, 3.63) is 41.7 Å². The van der Waals surface area contributed by atoms with Gasteiger partial charge in [0.2, 0.25) is 5.91 Å². The van der Waals surface area contributed by atoms with Gasteiger partial charge in [-0.1, -0.05) is 0 Å². The highest BCUT2D eigenvalue weighted by atomic mass is 19.4. The van der Waals surface area contributed by atoms with Gasteiger partial charge < -0.3 is 15.5 Å². The number of hydrogen-bond acceptors (Lipinski definition) is 5. The first-order chi connectivity index (χ1) is 15.8. The average Bonchev–Trinajstić information content (AvgIpc) is 3.12. The number of halogens is 5. The van der Waals surface area contributed by atoms with E-state index in [4.69, 9.17) is 5.73 Å². The number of alkyl halides is 3. The van der Waals surface area contributed by atoms with Crippen LogP contribution in [0.25, 0.3) is 16.8 Å². The van der Waals surface area contributed by atoms with E-state index in [0.29, 0.717) is 6.07 Å². The number of carbonyl (C=O) groups excluding carboxylic acids is 2. The number of piperazine rings is 1. The number of carbonyl (C=O) groups is 2. The molecule has 13 heteroatoms. The number of hydrogen-bond donors (Lipinski definition) is 1. The van der Waals surface area contributed by atoms with Crippen LogP contribution in [0.15, 0.2) is 24.5 Å². The minimum atomic E-state index is -4.86. The summed E-state index contributed by atoms with van der Waals surface area (Å²) in [6.07, 6.45) is -3.95. The predicted molar refractivity (Wildman–Crippen MR) is 112 cm³/mol. The molecule has 1 aliphatic rings. The van der Waals surface area contributed by atoms with Crippen molar-refractivity contribution in [2.45, 2.75) is 32.5 Å². The highest BCUT2D eigenvalue weighted by molar-refractivity contribution is 6.03. The SMILES string of the molecule is CC(=O)N1CCN(c2c(F)ccc(-c3cc(C(F)(F)F)c4c(N)ncnn34)c2F)C(=O)C1(C)C. The second-order valence-corrected chi connectivity index (χ2v) is 8.29. The molecule has 1 aliphatic heterocycles. The number of rotatable bonds is 2. The van der Waals surface area contributed by atoms with E-state index in [1.54, 1.807) is 0 Å². The van der Waals surface area contributed by atoms with Gasteiger partial charge in [0, 0.05) is 25.6 Å². The Kier molecular flexibility index (Phi) is 5.25. The average molecular weight is 482 g/mol. The molecule has 1 saturated heterocycles. The Morgan fingerprint density at radius 2 is 1.85 bits per heavy atom. The van der Waals surface area contributed by atoms with Crippen LogP contribution in [-0.4, -0.2) is 49.9 Å². The highest BCUT2D eigenvalue weighted by Gasteiger charge is 2.45. The minimum Gasteiger partial charge on any atom is -0.382 e. The second-order valence-electron chi connectivity index (χ2n) is 8.29. The molecule has 0 radical (unpaired) electrons. The molecule has 2 amide bonds. The molecule has 0 spiro atoms. The number of nitrogens with two attached hydrogens (primary N) is 1. The molecule has 0 bridgehead atoms. The first-order valence-electron chi connectivity index (χ1n) is 10.0. The lowest BCUT2D eigenvalue weighted by molar-refractivity contribution is -0.145. The summed E-state index contributed by atoms with van der Waals surface area (Å²) >= 11 is 0. The Morgan fingerprint density at radius 1 is 1.18 bits per heavy atom. The normalized spacial score (nSPS) is 16.4. The van der Waals surface area contributed by atoms with Crippen molar-refractivity contribution in [1.82, 2.24) is 19.5 Å². The zero-order valence-electron chi connectivity index (χ0n) is 18.2. The van der Waals surface area contributed by atoms with Gasteiger partial charge in [-0.15, -0.1) is 0 Å². The van der Waals surface area contributed by atoms with Gasteiger partial charge in [0.15, 0.2) is 11.6 Å². The number of nitrogens with zero attached hydrogens (tertiary/aromatic N) is 5. The summed E-state index contributed by atoms with van der Waals surface area (Å²) in [6.45, 7) is 3.96. The highest BCUT2D eigenvalue weighted by Crippen LogP contribution is 2.41. The molecular formula is C21H19F5N6O2. The monoisotopic (exact) mass is 482 g/mol. The van der Waals surface area contributed by atoms with Crippen LogP contribution in [0.4, 0.5) is 33.5 Å². The maximum atomic E-state index is 15.7. The van der Waals surface area contributed by atoms with Crippen LogP contribution in [-0.2, 0) is 15.8 Å². The second kappa shape index (κ2) is 7.64. The van der Waals surface area contributed by atoms with Crippen molar-refractivity contribution in [3.8, 4) is 11.3 Å². The fourth-order valence-corrected chi connectivity index (χ4v) is 4.25. The van der Waals surface area contributed by atoms with Gasteiger partial charge >= 0.3 is 6.18 Å². The van der Waals surface area contributed by atoms with E-state index < -0.39 is 57.4 Å². The summed E-state index contributed by atoms with van der Waals surface area (Å²) in [5, 5.41) is 3.77. The van der Waals surface area contributed by atoms with Gasteiger partial charge in [-0.05, 0) is 32.0 Å². The summed E-state index contributed by atoms with van der Waals surface area (Å²) in [5.74, 6) is -3.96. The zero-order chi connectivity index (χ0) is 25.2. The van der Waals surface area contributed by atoms with E-state index in [-0.39, 0.29) is 24.7 Å². The largest absolute Gasteiger partial charge is 0.418 e. The standard InChI is InChI=1S/C21H19F5N6O2/c1-10(33)31-7-6-30(19(34)20(31,2)3)17-13(22)5-4-11(15(17)23)14-8-12(21(24,25)26)16-18(27)28-9-29-32(14)16/h4-5,8-9H,6-7H2,1-3H3,(H2,27,28,29). The van der Waals surface area contributed by atoms with Crippen LogP contribution in [0.5, 0.6) is 0 Å². The van der Waals surface area contributed by atoms with E-state index in [1.807, 2.05) is 0 Å². The molecule has 34 heavy (non-hydrogen) atoms. The summed E-state index contributed by atoms with van der Waals surface area (Å²) < 4.78 is 72.3. The van der Waals surface area contributed by atoms with Crippen molar-refractivity contribution in [1.29, 1.82) is 0 Å². The van der Waals surface area contributed by atoms with Crippen LogP contribution in [0.3, 0.4) is 0 Å². The Hall–Kier alpha value is -3.77. The van der Waals surface area contributed by atoms with Crippen LogP contribution < -0.4 is 10.6 Å². The third kappa shape index (κ3) is 3.42. The predicted octanol–water partition coefficient (Wildman–Crippen LogP) is 3.25. The van der Waals surface area contributed by atoms with Crippen molar-refractivity contribution < 1.29 is 31.5 Å². The first-order valence-corrected chi connectivity index (χ1v) is 10.0. The van der Waals surface area contributed by atoms with E-state index >= 15 is 4.39 Å². The van der Waals surface area contributed by atoms with Gasteiger partial charge in [-0.3, -0.25) is 9.59 Å². The van der Waals surface area contributed by atoms with E-state index in [9.17, 15) is 27.2 Å². The molecule has 0 atom stereocenters. The lowest BCUT2D eigenvalue weighted by atomic mass is 9.96. The number of nitrogen functional groups attached to an aromatic ring is 1. The summed E-state index contributed by atoms with van der Waals surface area (Å²) in [4.78, 5) is 30.7. The molecule has 180 valence electrons. The summed E-state index contributed by atoms with van der Waals surface area (Å²) in [6, 6.07) is 2.44. The fourth-order valence-electron chi connectivity index (χ4n) is 4.25. The lowest BCUT2D eigenvalue weighted by Crippen LogP contribution is -2.64. The quantitative estimate of drug-likeness (QED) is 0.566. The van der Waals surface area contributed by atoms with Crippen LogP contribution in [0.2, 0.25) is 0 Å². The Morgan fingerprint density at radius 3 is 2.47 bits per heavy atom. The Labute approximate surface area is 189 Å². The summed E-state index contributed by atoms with van der Waals surface area (Å²) in [5.41, 5.74) is 0.934. The van der Waals surface area contributed by atoms with Gasteiger partial charge in [0.25, 0.3) is 5.91 Å². The van der Waals surface area contributed by atoms with Crippen LogP contribution >= 0.6 is 0 Å². The van der Waals surface area contributed by atoms with Gasteiger partial charge in [-0.2, -0.15) is 18.3 Å². The lowest BCUT2D eigenvalue weighted by Gasteiger charge is -2.45. The van der Waals surface area contributed by atoms with E-state index in [1.165, 1.54) is 25.7 Å². The minimum absolute atomic E-state index is 0.00716. The van der Waals surface area contributed by atoms with Crippen molar-refractivity contribution in [2.75, 3.05) is 23.7 Å². The number of amides is 2. The molecule has 2 aromatic heterocycles. The molecular weight excluding hydrogens is 463 g/mol. The number of aromatic nitrogens is 3. The van der Waals surface area contributed by atoms with Gasteiger partial charge in [-0.25, -0.2) is 18.3 Å². The van der Waals surface area contributed by atoms with E-state index in [2.05, 4.69) is 10.1 Å². The molecule has 8 nitrogen and oxygen atoms in total. The van der Waals surface area contributed by atoms with Crippen LogP contribution in [0, 0.1) is 11.6 Å². The molecule has 0 aliphatic carbocycles. The molecule has 0 saturated carbocycles. The van der Waals surface area contributed by atoms with Crippen molar-refractivity contribution in [2.24, 2.45) is 0 Å². The van der Waals surface area contributed by atoms with E-state index in [0.717, 1.165) is 27.9 Å². The van der Waals surface area contributed by atoms with Gasteiger partial charge in [0.1, 0.15) is 28.9 Å². The van der Waals surface area contributed by atoms with Crippen molar-refractivity contribution in [3.63, 3.8) is 0 Å². The van der Waals surface area contributed by atoms with Gasteiger partial charge in [0.05, 0.1) is 11.3 Å². The maximum Gasteiger partial charge on any atom is 0.418 e. The zero-order valence-corrected chi connectivity index (χ0v) is 18.2. The first kappa shape index (κ1) is 23.4. The molecule has 3 aromatic rings.